The second kappa shape index (κ2) is 12.3. The molecule has 0 aliphatic heterocycles. The van der Waals surface area contributed by atoms with Crippen LogP contribution in [0.1, 0.15) is 27.8 Å². The van der Waals surface area contributed by atoms with Crippen molar-refractivity contribution in [1.29, 1.82) is 5.26 Å². The molecular weight excluding hydrogens is 764 g/mol. The summed E-state index contributed by atoms with van der Waals surface area (Å²) in [5, 5.41) is 11.0. The Bertz CT molecular complexity index is 2780. The van der Waals surface area contributed by atoms with E-state index in [2.05, 4.69) is 4.98 Å². The number of rotatable bonds is 3. The number of pyridine rings is 1. The Kier molecular flexibility index (Phi) is 7.98. The fourth-order valence-corrected chi connectivity index (χ4v) is 7.05. The van der Waals surface area contributed by atoms with Crippen molar-refractivity contribution in [2.75, 3.05) is 0 Å². The number of benzene rings is 5. The molecular formula is C40H18F12N4. The van der Waals surface area contributed by atoms with Crippen LogP contribution in [-0.4, -0.2) is 14.1 Å². The van der Waals surface area contributed by atoms with Gasteiger partial charge in [0.15, 0.2) is 0 Å². The molecule has 0 aliphatic rings. The number of aromatic nitrogens is 3. The summed E-state index contributed by atoms with van der Waals surface area (Å²) < 4.78 is 171. The lowest BCUT2D eigenvalue weighted by Crippen LogP contribution is -2.08. The number of nitriles is 1. The first-order valence-corrected chi connectivity index (χ1v) is 16.2. The third-order valence-electron chi connectivity index (χ3n) is 9.53. The molecule has 0 atom stereocenters. The number of alkyl halides is 12. The lowest BCUT2D eigenvalue weighted by atomic mass is 10.00. The average Bonchev–Trinajstić information content (AvgIpc) is 3.64. The van der Waals surface area contributed by atoms with Gasteiger partial charge in [-0.05, 0) is 66.7 Å². The summed E-state index contributed by atoms with van der Waals surface area (Å²) in [4.78, 5) is 4.08. The number of hydrogen-bond donors (Lipinski definition) is 0. The van der Waals surface area contributed by atoms with E-state index in [1.165, 1.54) is 30.6 Å². The van der Waals surface area contributed by atoms with Crippen LogP contribution in [0.3, 0.4) is 0 Å². The third-order valence-corrected chi connectivity index (χ3v) is 9.53. The molecule has 0 saturated carbocycles. The highest BCUT2D eigenvalue weighted by Gasteiger charge is 2.36. The van der Waals surface area contributed by atoms with Gasteiger partial charge >= 0.3 is 24.7 Å². The Morgan fingerprint density at radius 3 is 1.16 bits per heavy atom. The molecule has 282 valence electrons. The molecule has 0 fully saturated rings. The van der Waals surface area contributed by atoms with Gasteiger partial charge in [-0.3, -0.25) is 4.98 Å². The predicted octanol–water partition coefficient (Wildman–Crippen LogP) is 12.9. The molecule has 0 unspecified atom stereocenters. The SMILES string of the molecule is N#Cc1cc(-n2c3cc(C(F)(F)F)ccc3c3ccc(C(F)(F)F)cc32)c(-c2cccnc2)cc1-n1c2cc(C(F)(F)F)ccc2c2ccc(C(F)(F)F)cc21. The van der Waals surface area contributed by atoms with Gasteiger partial charge in [0.1, 0.15) is 6.07 Å². The minimum Gasteiger partial charge on any atom is -0.309 e. The van der Waals surface area contributed by atoms with Gasteiger partial charge in [0.25, 0.3) is 0 Å². The van der Waals surface area contributed by atoms with Crippen molar-refractivity contribution in [2.24, 2.45) is 0 Å². The van der Waals surface area contributed by atoms with Gasteiger partial charge in [0.2, 0.25) is 0 Å². The van der Waals surface area contributed by atoms with Gasteiger partial charge in [-0.25, -0.2) is 0 Å². The van der Waals surface area contributed by atoms with Gasteiger partial charge in [-0.2, -0.15) is 57.9 Å². The molecule has 8 aromatic rings. The molecule has 0 radical (unpaired) electrons. The zero-order valence-corrected chi connectivity index (χ0v) is 27.7. The third kappa shape index (κ3) is 5.94. The van der Waals surface area contributed by atoms with E-state index in [0.29, 0.717) is 12.1 Å². The molecule has 56 heavy (non-hydrogen) atoms. The maximum Gasteiger partial charge on any atom is 0.416 e. The second-order valence-electron chi connectivity index (χ2n) is 12.8. The lowest BCUT2D eigenvalue weighted by molar-refractivity contribution is -0.138. The summed E-state index contributed by atoms with van der Waals surface area (Å²) in [5.74, 6) is 0. The monoisotopic (exact) mass is 782 g/mol. The van der Waals surface area contributed by atoms with Crippen LogP contribution in [0.15, 0.2) is 109 Å². The van der Waals surface area contributed by atoms with Crippen LogP contribution in [0.4, 0.5) is 52.7 Å². The highest BCUT2D eigenvalue weighted by Crippen LogP contribution is 2.45. The summed E-state index contributed by atoms with van der Waals surface area (Å²) in [5.41, 5.74) is -6.06. The molecule has 8 rings (SSSR count). The highest BCUT2D eigenvalue weighted by atomic mass is 19.4. The Morgan fingerprint density at radius 2 is 0.839 bits per heavy atom. The molecule has 0 N–H and O–H groups in total. The summed E-state index contributed by atoms with van der Waals surface area (Å²) in [6, 6.07) is 17.5. The van der Waals surface area contributed by atoms with Crippen molar-refractivity contribution < 1.29 is 52.7 Å². The maximum absolute atomic E-state index is 14.1. The minimum atomic E-state index is -4.89. The molecule has 5 aromatic carbocycles. The van der Waals surface area contributed by atoms with E-state index in [4.69, 9.17) is 0 Å². The van der Waals surface area contributed by atoms with Gasteiger partial charge in [-0.15, -0.1) is 0 Å². The highest BCUT2D eigenvalue weighted by molar-refractivity contribution is 6.11. The van der Waals surface area contributed by atoms with Crippen molar-refractivity contribution in [2.45, 2.75) is 24.7 Å². The Morgan fingerprint density at radius 1 is 0.464 bits per heavy atom. The van der Waals surface area contributed by atoms with Gasteiger partial charge in [0, 0.05) is 45.1 Å². The predicted molar refractivity (Wildman–Crippen MR) is 183 cm³/mol. The summed E-state index contributed by atoms with van der Waals surface area (Å²) in [6.45, 7) is 0. The van der Waals surface area contributed by atoms with Crippen LogP contribution in [0.5, 0.6) is 0 Å². The van der Waals surface area contributed by atoms with E-state index in [-0.39, 0.29) is 66.1 Å². The Labute approximate surface area is 306 Å². The van der Waals surface area contributed by atoms with Crippen molar-refractivity contribution in [3.8, 4) is 28.6 Å². The van der Waals surface area contributed by atoms with Crippen LogP contribution in [0.25, 0.3) is 66.1 Å². The number of nitrogens with zero attached hydrogens (tertiary/aromatic N) is 4. The van der Waals surface area contributed by atoms with Crippen molar-refractivity contribution >= 4 is 43.6 Å². The normalized spacial score (nSPS) is 13.0. The average molecular weight is 783 g/mol. The lowest BCUT2D eigenvalue weighted by Gasteiger charge is -2.19. The zero-order valence-electron chi connectivity index (χ0n) is 27.7. The molecule has 0 aliphatic carbocycles. The van der Waals surface area contributed by atoms with Crippen LogP contribution in [0.2, 0.25) is 0 Å². The molecule has 16 heteroatoms. The Balaban J connectivity index is 1.55. The molecule has 0 spiro atoms. The quantitative estimate of drug-likeness (QED) is 0.168. The maximum atomic E-state index is 14.1. The molecule has 3 aromatic heterocycles. The smallest absolute Gasteiger partial charge is 0.309 e. The standard InChI is InChI=1S/C40H18F12N4/c41-37(42,43)22-3-7-26-27-8-4-23(38(44,45)46)14-34(27)55(33(26)13-22)31-17-30(20-2-1-11-54-19-20)32(12-21(31)18-53)56-35-15-24(39(47,48)49)5-9-28(35)29-10-6-25(16-36(29)56)40(50,51)52/h1-17,19H. The molecule has 0 bridgehead atoms. The van der Waals surface area contributed by atoms with Crippen molar-refractivity contribution in [3.63, 3.8) is 0 Å². The fourth-order valence-electron chi connectivity index (χ4n) is 7.05. The number of halogens is 12. The molecule has 0 saturated heterocycles. The van der Waals surface area contributed by atoms with Crippen molar-refractivity contribution in [1.82, 2.24) is 14.1 Å². The summed E-state index contributed by atoms with van der Waals surface area (Å²) in [7, 11) is 0. The second-order valence-corrected chi connectivity index (χ2v) is 12.8. The van der Waals surface area contributed by atoms with E-state index in [9.17, 15) is 57.9 Å². The van der Waals surface area contributed by atoms with E-state index >= 15 is 0 Å². The van der Waals surface area contributed by atoms with Gasteiger partial charge in [-0.1, -0.05) is 30.3 Å². The van der Waals surface area contributed by atoms with E-state index < -0.39 is 52.5 Å². The molecule has 3 heterocycles. The van der Waals surface area contributed by atoms with Crippen LogP contribution >= 0.6 is 0 Å². The Hall–Kier alpha value is -6.50. The summed E-state index contributed by atoms with van der Waals surface area (Å²) in [6.07, 6.45) is -16.9. The van der Waals surface area contributed by atoms with Gasteiger partial charge < -0.3 is 9.13 Å². The van der Waals surface area contributed by atoms with E-state index in [1.807, 2.05) is 6.07 Å². The largest absolute Gasteiger partial charge is 0.416 e. The number of hydrogen-bond acceptors (Lipinski definition) is 2. The van der Waals surface area contributed by atoms with Crippen LogP contribution in [-0.2, 0) is 24.7 Å². The molecule has 4 nitrogen and oxygen atoms in total. The van der Waals surface area contributed by atoms with Crippen molar-refractivity contribution in [3.05, 3.63) is 137 Å². The minimum absolute atomic E-state index is 0.00896. The molecule has 0 amide bonds. The first-order chi connectivity index (χ1) is 26.3. The first kappa shape index (κ1) is 36.5. The zero-order chi connectivity index (χ0) is 40.1. The van der Waals surface area contributed by atoms with Crippen LogP contribution < -0.4 is 0 Å². The van der Waals surface area contributed by atoms with Gasteiger partial charge in [0.05, 0.1) is 61.3 Å². The van der Waals surface area contributed by atoms with Crippen LogP contribution in [0, 0.1) is 11.3 Å². The summed E-state index contributed by atoms with van der Waals surface area (Å²) >= 11 is 0. The van der Waals surface area contributed by atoms with E-state index in [1.54, 1.807) is 0 Å². The number of fused-ring (bicyclic) bond motifs is 6. The fraction of sp³-hybridized carbons (Fsp3) is 0.100. The van der Waals surface area contributed by atoms with E-state index in [0.717, 1.165) is 75.9 Å². The first-order valence-electron chi connectivity index (χ1n) is 16.2. The topological polar surface area (TPSA) is 46.5 Å².